The van der Waals surface area contributed by atoms with Gasteiger partial charge in [-0.2, -0.15) is 5.10 Å². The summed E-state index contributed by atoms with van der Waals surface area (Å²) in [6.45, 7) is 19.4. The number of H-pyrrole nitrogens is 2. The smallest absolute Gasteiger partial charge is 0.124 e. The topological polar surface area (TPSA) is 93.5 Å². The molecule has 0 spiro atoms. The van der Waals surface area contributed by atoms with Crippen LogP contribution in [0.15, 0.2) is 96.5 Å². The monoisotopic (exact) mass is 617 g/mol. The zero-order valence-electron chi connectivity index (χ0n) is 27.1. The lowest BCUT2D eigenvalue weighted by Crippen LogP contribution is -2.28. The summed E-state index contributed by atoms with van der Waals surface area (Å²) in [4.78, 5) is 8.05. The van der Waals surface area contributed by atoms with Crippen LogP contribution in [0.5, 0.6) is 0 Å². The van der Waals surface area contributed by atoms with Crippen molar-refractivity contribution in [2.75, 3.05) is 20.1 Å². The fraction of sp³-hybridized carbons (Fsp3) is 0.263. The Morgan fingerprint density at radius 3 is 2.70 bits per heavy atom. The molecule has 5 rings (SSSR count). The second kappa shape index (κ2) is 15.0. The fourth-order valence-corrected chi connectivity index (χ4v) is 5.98. The van der Waals surface area contributed by atoms with E-state index < -0.39 is 0 Å². The second-order valence-electron chi connectivity index (χ2n) is 11.8. The molecule has 1 aliphatic heterocycles. The van der Waals surface area contributed by atoms with Crippen LogP contribution in [0.25, 0.3) is 46.2 Å². The molecule has 0 saturated carbocycles. The molecule has 0 radical (unpaired) electrons. The first-order valence-electron chi connectivity index (χ1n) is 15.8. The predicted octanol–water partition coefficient (Wildman–Crippen LogP) is 6.12. The Bertz CT molecular complexity index is 1930. The number of nitrogens with one attached hydrogen (secondary N) is 5. The number of aromatic nitrogens is 4. The highest BCUT2D eigenvalue weighted by Gasteiger charge is 2.15. The van der Waals surface area contributed by atoms with Gasteiger partial charge in [-0.05, 0) is 124 Å². The van der Waals surface area contributed by atoms with Crippen molar-refractivity contribution in [1.29, 1.82) is 0 Å². The van der Waals surface area contributed by atoms with Gasteiger partial charge in [-0.1, -0.05) is 31.9 Å². The average molecular weight is 618 g/mol. The van der Waals surface area contributed by atoms with Crippen LogP contribution in [0.2, 0.25) is 0 Å². The van der Waals surface area contributed by atoms with Crippen LogP contribution in [-0.4, -0.2) is 40.3 Å². The molecule has 1 aliphatic rings. The van der Waals surface area contributed by atoms with E-state index in [4.69, 9.17) is 0 Å². The molecule has 5 N–H and O–H groups in total. The van der Waals surface area contributed by atoms with Crippen LogP contribution in [-0.2, 0) is 6.54 Å². The highest BCUT2D eigenvalue weighted by molar-refractivity contribution is 5.96. The number of allylic oxidation sites excluding steroid dienone is 7. The summed E-state index contributed by atoms with van der Waals surface area (Å²) < 4.78 is 14.5. The first kappa shape index (κ1) is 32.6. The van der Waals surface area contributed by atoms with Gasteiger partial charge >= 0.3 is 0 Å². The van der Waals surface area contributed by atoms with Gasteiger partial charge in [0.25, 0.3) is 0 Å². The van der Waals surface area contributed by atoms with Crippen LogP contribution in [0.4, 0.5) is 4.39 Å². The molecule has 4 aromatic rings. The molecule has 0 amide bonds. The number of nitrogens with zero attached hydrogens (tertiary/aromatic N) is 2. The van der Waals surface area contributed by atoms with Gasteiger partial charge in [0.2, 0.25) is 0 Å². The fourth-order valence-electron chi connectivity index (χ4n) is 5.98. The van der Waals surface area contributed by atoms with E-state index in [9.17, 15) is 4.39 Å². The summed E-state index contributed by atoms with van der Waals surface area (Å²) in [5, 5.41) is 20.2. The molecule has 238 valence electrons. The Balaban J connectivity index is 1.37. The van der Waals surface area contributed by atoms with E-state index in [1.54, 1.807) is 6.20 Å². The van der Waals surface area contributed by atoms with Crippen molar-refractivity contribution < 1.29 is 4.39 Å². The highest BCUT2D eigenvalue weighted by atomic mass is 19.1. The molecule has 8 heteroatoms. The third kappa shape index (κ3) is 7.70. The van der Waals surface area contributed by atoms with Crippen LogP contribution < -0.4 is 26.5 Å². The number of rotatable bonds is 12. The number of halogens is 1. The van der Waals surface area contributed by atoms with E-state index in [1.165, 1.54) is 25.0 Å². The van der Waals surface area contributed by atoms with Crippen LogP contribution >= 0.6 is 0 Å². The number of hydrogen-bond donors (Lipinski definition) is 5. The van der Waals surface area contributed by atoms with Gasteiger partial charge in [-0.15, -0.1) is 0 Å². The van der Waals surface area contributed by atoms with Gasteiger partial charge in [0, 0.05) is 45.8 Å². The number of fused-ring (bicyclic) bond motifs is 1. The van der Waals surface area contributed by atoms with Crippen molar-refractivity contribution in [3.63, 3.8) is 0 Å². The molecular weight excluding hydrogens is 573 g/mol. The molecule has 0 bridgehead atoms. The Hall–Kier alpha value is -4.79. The van der Waals surface area contributed by atoms with E-state index in [1.807, 2.05) is 44.3 Å². The normalized spacial score (nSPS) is 15.5. The highest BCUT2D eigenvalue weighted by Crippen LogP contribution is 2.30. The van der Waals surface area contributed by atoms with E-state index in [0.717, 1.165) is 80.3 Å². The summed E-state index contributed by atoms with van der Waals surface area (Å²) in [5.41, 5.74) is 8.79. The van der Waals surface area contributed by atoms with E-state index >= 15 is 0 Å². The Morgan fingerprint density at radius 2 is 1.96 bits per heavy atom. The minimum Gasteiger partial charge on any atom is -0.359 e. The zero-order valence-corrected chi connectivity index (χ0v) is 27.1. The lowest BCUT2D eigenvalue weighted by atomic mass is 9.93. The third-order valence-electron chi connectivity index (χ3n) is 8.43. The van der Waals surface area contributed by atoms with E-state index in [0.29, 0.717) is 23.9 Å². The van der Waals surface area contributed by atoms with Gasteiger partial charge in [-0.3, -0.25) is 10.1 Å². The van der Waals surface area contributed by atoms with Crippen LogP contribution in [0, 0.1) is 11.7 Å². The van der Waals surface area contributed by atoms with Crippen molar-refractivity contribution in [1.82, 2.24) is 36.1 Å². The molecule has 46 heavy (non-hydrogen) atoms. The predicted molar refractivity (Wildman–Crippen MR) is 189 cm³/mol. The van der Waals surface area contributed by atoms with Gasteiger partial charge in [0.15, 0.2) is 0 Å². The molecule has 1 aromatic carbocycles. The largest absolute Gasteiger partial charge is 0.359 e. The maximum absolute atomic E-state index is 14.5. The summed E-state index contributed by atoms with van der Waals surface area (Å²) in [5.74, 6) is 0.369. The summed E-state index contributed by atoms with van der Waals surface area (Å²) in [6, 6.07) is 8.93. The number of piperidine rings is 1. The number of aromatic amines is 2. The number of pyridine rings is 1. The standard InChI is InChI=1S/C38H44FN7/c1-7-29(21-32(8-2)43-25(4)17-27-11-14-41-15-12-27)24(3)9-10-34-26(5)37(46-45-34)36-22-33-35(44-36)13-16-42-38(33)30-18-28(23-40-6)19-31(39)20-30/h7-10,13,16,18-22,27,40-41,43-45H,2,4-5,11-12,14-15,17,23H2,1,3,6H3/b24-9+,29-7+,32-21+,34-10+. The van der Waals surface area contributed by atoms with Crippen molar-refractivity contribution in [3.8, 4) is 22.6 Å². The van der Waals surface area contributed by atoms with Gasteiger partial charge in [-0.25, -0.2) is 4.39 Å². The number of hydrogen-bond acceptors (Lipinski definition) is 5. The number of benzene rings is 1. The molecule has 4 heterocycles. The maximum atomic E-state index is 14.5. The average Bonchev–Trinajstić information content (AvgIpc) is 3.65. The molecular formula is C38H44FN7. The summed E-state index contributed by atoms with van der Waals surface area (Å²) >= 11 is 0. The lowest BCUT2D eigenvalue weighted by Gasteiger charge is -2.24. The molecule has 0 unspecified atom stereocenters. The first-order chi connectivity index (χ1) is 22.3. The Kier molecular flexibility index (Phi) is 10.6. The third-order valence-corrected chi connectivity index (χ3v) is 8.43. The van der Waals surface area contributed by atoms with Gasteiger partial charge < -0.3 is 20.9 Å². The van der Waals surface area contributed by atoms with E-state index in [2.05, 4.69) is 81.0 Å². The molecule has 3 aromatic heterocycles. The molecule has 1 saturated heterocycles. The van der Waals surface area contributed by atoms with Crippen molar-refractivity contribution in [2.45, 2.75) is 39.7 Å². The Morgan fingerprint density at radius 1 is 1.15 bits per heavy atom. The quantitative estimate of drug-likeness (QED) is 0.124. The van der Waals surface area contributed by atoms with Crippen LogP contribution in [0.3, 0.4) is 0 Å². The van der Waals surface area contributed by atoms with Crippen molar-refractivity contribution in [3.05, 3.63) is 118 Å². The van der Waals surface area contributed by atoms with Gasteiger partial charge in [0.05, 0.1) is 16.7 Å². The first-order valence-corrected chi connectivity index (χ1v) is 15.8. The minimum absolute atomic E-state index is 0.292. The van der Waals surface area contributed by atoms with Gasteiger partial charge in [0.1, 0.15) is 11.5 Å². The SMILES string of the molecule is C=C\C(=C/C(=C\C)C(/C)=C/C=c1/[nH]nc(-c2cc3c(-c4cc(F)cc(CNC)c4)nccc3[nH]2)c1=C)NC(=C)CC1CCNCC1. The molecule has 0 atom stereocenters. The van der Waals surface area contributed by atoms with E-state index in [-0.39, 0.29) is 5.82 Å². The Labute approximate surface area is 270 Å². The maximum Gasteiger partial charge on any atom is 0.124 e. The second-order valence-corrected chi connectivity index (χ2v) is 11.8. The zero-order chi connectivity index (χ0) is 32.6. The molecule has 0 aliphatic carbocycles. The molecule has 1 fully saturated rings. The van der Waals surface area contributed by atoms with Crippen molar-refractivity contribution >= 4 is 23.6 Å². The summed E-state index contributed by atoms with van der Waals surface area (Å²) in [7, 11) is 1.84. The lowest BCUT2D eigenvalue weighted by molar-refractivity contribution is 0.368. The summed E-state index contributed by atoms with van der Waals surface area (Å²) in [6.07, 6.45) is 15.1. The molecule has 7 nitrogen and oxygen atoms in total. The van der Waals surface area contributed by atoms with Crippen LogP contribution in [0.1, 0.15) is 38.7 Å². The van der Waals surface area contributed by atoms with Crippen molar-refractivity contribution in [2.24, 2.45) is 5.92 Å². The minimum atomic E-state index is -0.292.